The van der Waals surface area contributed by atoms with Crippen LogP contribution in [0.15, 0.2) is 24.7 Å². The molecule has 31 heavy (non-hydrogen) atoms. The van der Waals surface area contributed by atoms with E-state index in [0.29, 0.717) is 43.1 Å². The molecule has 1 atom stereocenters. The minimum Gasteiger partial charge on any atom is -0.356 e. The maximum Gasteiger partial charge on any atom is 0.279 e. The van der Waals surface area contributed by atoms with Crippen molar-refractivity contribution < 1.29 is 22.0 Å². The summed E-state index contributed by atoms with van der Waals surface area (Å²) in [6, 6.07) is 1.69. The van der Waals surface area contributed by atoms with Crippen molar-refractivity contribution >= 4 is 33.5 Å². The summed E-state index contributed by atoms with van der Waals surface area (Å²) in [4.78, 5) is 29.5. The average Bonchev–Trinajstić information content (AvgIpc) is 3.20. The number of nitrogens with one attached hydrogen (secondary N) is 3. The van der Waals surface area contributed by atoms with E-state index in [1.807, 2.05) is 9.62 Å². The number of carbonyl (C=O) groups excluding carboxylic acids is 1. The number of piperidine rings is 1. The molecule has 0 saturated carbocycles. The molecule has 0 aromatic carbocycles. The highest BCUT2D eigenvalue weighted by Crippen LogP contribution is 2.24. The van der Waals surface area contributed by atoms with Crippen molar-refractivity contribution in [2.24, 2.45) is 5.92 Å². The van der Waals surface area contributed by atoms with Gasteiger partial charge in [-0.15, -0.1) is 0 Å². The summed E-state index contributed by atoms with van der Waals surface area (Å²) in [5, 5.41) is 7.13. The zero-order chi connectivity index (χ0) is 22.6. The third kappa shape index (κ3) is 6.13. The van der Waals surface area contributed by atoms with E-state index < -0.39 is 34.0 Å². The van der Waals surface area contributed by atoms with Gasteiger partial charge in [0.25, 0.3) is 6.43 Å². The normalized spacial score (nSPS) is 17.3. The molecule has 1 amide bonds. The van der Waals surface area contributed by atoms with E-state index in [2.05, 4.69) is 19.9 Å². The van der Waals surface area contributed by atoms with Gasteiger partial charge in [-0.25, -0.2) is 32.2 Å². The zero-order valence-corrected chi connectivity index (χ0v) is 17.4. The Morgan fingerprint density at radius 1 is 1.39 bits per heavy atom. The van der Waals surface area contributed by atoms with Crippen molar-refractivity contribution in [3.63, 3.8) is 0 Å². The van der Waals surface area contributed by atoms with E-state index in [-0.39, 0.29) is 5.82 Å². The lowest BCUT2D eigenvalue weighted by Gasteiger charge is -2.32. The summed E-state index contributed by atoms with van der Waals surface area (Å²) < 4.78 is 49.5. The van der Waals surface area contributed by atoms with Crippen LogP contribution in [0.4, 0.5) is 14.6 Å². The fourth-order valence-corrected chi connectivity index (χ4v) is 3.66. The molecular formula is C18H21F2N7O3S. The van der Waals surface area contributed by atoms with Gasteiger partial charge in [0.2, 0.25) is 15.9 Å². The largest absolute Gasteiger partial charge is 0.356 e. The van der Waals surface area contributed by atoms with Crippen LogP contribution in [0.2, 0.25) is 0 Å². The fraction of sp³-hybridized carbons (Fsp3) is 0.389. The van der Waals surface area contributed by atoms with Crippen molar-refractivity contribution in [1.82, 2.24) is 24.7 Å². The van der Waals surface area contributed by atoms with E-state index in [9.17, 15) is 22.0 Å². The molecule has 3 N–H and O–H groups in total. The van der Waals surface area contributed by atoms with Gasteiger partial charge in [0, 0.05) is 19.2 Å². The van der Waals surface area contributed by atoms with Crippen LogP contribution in [-0.4, -0.2) is 65.7 Å². The molecule has 1 saturated heterocycles. The number of amides is 1. The first kappa shape index (κ1) is 22.5. The standard InChI is InChI=1S/C18H21F2N7O3S/c1-31(29,30)26-18(28)11-3-2-6-27(9-11)16-7-13(23-10-24-16)14-8-22-15(25-14)5-4-12(21)17(19)20/h4-5,7-8,10-11,17,21H,2-3,6,9H2,1H3,(H,22,25)(H,26,28)/b5-4-,21-12?. The Hall–Kier alpha value is -3.22. The first-order valence-corrected chi connectivity index (χ1v) is 11.2. The number of carbonyl (C=O) groups is 1. The number of rotatable bonds is 7. The molecule has 3 rings (SSSR count). The summed E-state index contributed by atoms with van der Waals surface area (Å²) in [7, 11) is -3.63. The lowest BCUT2D eigenvalue weighted by Crippen LogP contribution is -2.44. The highest BCUT2D eigenvalue weighted by Gasteiger charge is 2.28. The maximum atomic E-state index is 12.4. The summed E-state index contributed by atoms with van der Waals surface area (Å²) in [5.74, 6) is -0.180. The van der Waals surface area contributed by atoms with E-state index in [0.717, 1.165) is 12.3 Å². The van der Waals surface area contributed by atoms with Crippen LogP contribution in [0.25, 0.3) is 17.5 Å². The highest BCUT2D eigenvalue weighted by atomic mass is 32.2. The van der Waals surface area contributed by atoms with Gasteiger partial charge in [-0.2, -0.15) is 0 Å². The quantitative estimate of drug-likeness (QED) is 0.538. The Morgan fingerprint density at radius 3 is 2.87 bits per heavy atom. The third-order valence-electron chi connectivity index (χ3n) is 4.58. The molecular weight excluding hydrogens is 432 g/mol. The number of H-pyrrole nitrogens is 1. The van der Waals surface area contributed by atoms with Gasteiger partial charge in [-0.05, 0) is 25.0 Å². The minimum atomic E-state index is -3.63. The van der Waals surface area contributed by atoms with Crippen LogP contribution in [0.1, 0.15) is 18.7 Å². The predicted octanol–water partition coefficient (Wildman–Crippen LogP) is 1.46. The van der Waals surface area contributed by atoms with E-state index in [1.165, 1.54) is 18.6 Å². The van der Waals surface area contributed by atoms with Crippen LogP contribution in [0.3, 0.4) is 0 Å². The number of halogens is 2. The second-order valence-electron chi connectivity index (χ2n) is 7.06. The van der Waals surface area contributed by atoms with Crippen LogP contribution in [0.5, 0.6) is 0 Å². The minimum absolute atomic E-state index is 0.288. The molecule has 3 heterocycles. The van der Waals surface area contributed by atoms with Crippen LogP contribution < -0.4 is 9.62 Å². The van der Waals surface area contributed by atoms with Crippen LogP contribution in [0, 0.1) is 11.3 Å². The molecule has 0 spiro atoms. The van der Waals surface area contributed by atoms with Gasteiger partial charge >= 0.3 is 0 Å². The summed E-state index contributed by atoms with van der Waals surface area (Å²) >= 11 is 0. The van der Waals surface area contributed by atoms with Gasteiger partial charge in [0.15, 0.2) is 0 Å². The molecule has 0 radical (unpaired) electrons. The molecule has 1 aliphatic heterocycles. The number of allylic oxidation sites excluding steroid dienone is 1. The van der Waals surface area contributed by atoms with Gasteiger partial charge in [-0.1, -0.05) is 0 Å². The molecule has 13 heteroatoms. The number of aromatic amines is 1. The monoisotopic (exact) mass is 453 g/mol. The van der Waals surface area contributed by atoms with Crippen molar-refractivity contribution in [2.75, 3.05) is 24.2 Å². The number of sulfonamides is 1. The lowest BCUT2D eigenvalue weighted by atomic mass is 9.97. The summed E-state index contributed by atoms with van der Waals surface area (Å²) in [5.41, 5.74) is 0.209. The van der Waals surface area contributed by atoms with Crippen molar-refractivity contribution in [3.05, 3.63) is 30.5 Å². The number of imidazole rings is 1. The number of alkyl halides is 2. The van der Waals surface area contributed by atoms with Crippen molar-refractivity contribution in [1.29, 1.82) is 5.41 Å². The van der Waals surface area contributed by atoms with Crippen molar-refractivity contribution in [3.8, 4) is 11.4 Å². The molecule has 2 aromatic rings. The molecule has 2 aromatic heterocycles. The Balaban J connectivity index is 1.73. The third-order valence-corrected chi connectivity index (χ3v) is 5.15. The summed E-state index contributed by atoms with van der Waals surface area (Å²) in [6.45, 7) is 0.955. The smallest absolute Gasteiger partial charge is 0.279 e. The molecule has 0 bridgehead atoms. The number of nitrogens with zero attached hydrogens (tertiary/aromatic N) is 4. The first-order valence-electron chi connectivity index (χ1n) is 9.31. The molecule has 1 unspecified atom stereocenters. The Morgan fingerprint density at radius 2 is 2.16 bits per heavy atom. The fourth-order valence-electron chi connectivity index (χ4n) is 3.13. The van der Waals surface area contributed by atoms with Crippen molar-refractivity contribution in [2.45, 2.75) is 19.3 Å². The van der Waals surface area contributed by atoms with E-state index >= 15 is 0 Å². The second-order valence-corrected chi connectivity index (χ2v) is 8.81. The number of aromatic nitrogens is 4. The Kier molecular flexibility index (Phi) is 6.73. The molecule has 166 valence electrons. The SMILES string of the molecule is CS(=O)(=O)NC(=O)C1CCCN(c2cc(-c3cnc(/C=C\C(=N)C(F)F)[nH]3)ncn2)C1. The predicted molar refractivity (Wildman–Crippen MR) is 110 cm³/mol. The second kappa shape index (κ2) is 9.29. The van der Waals surface area contributed by atoms with Crippen LogP contribution >= 0.6 is 0 Å². The Labute approximate surface area is 177 Å². The summed E-state index contributed by atoms with van der Waals surface area (Å²) in [6.07, 6.45) is 4.42. The average molecular weight is 453 g/mol. The molecule has 10 nitrogen and oxygen atoms in total. The Bertz CT molecular complexity index is 1100. The van der Waals surface area contributed by atoms with Crippen LogP contribution in [-0.2, 0) is 14.8 Å². The highest BCUT2D eigenvalue weighted by molar-refractivity contribution is 7.89. The zero-order valence-electron chi connectivity index (χ0n) is 16.5. The van der Waals surface area contributed by atoms with Gasteiger partial charge < -0.3 is 9.88 Å². The topological polar surface area (TPSA) is 145 Å². The van der Waals surface area contributed by atoms with Gasteiger partial charge in [-0.3, -0.25) is 14.9 Å². The first-order chi connectivity index (χ1) is 14.6. The number of hydrogen-bond donors (Lipinski definition) is 3. The van der Waals surface area contributed by atoms with Gasteiger partial charge in [0.1, 0.15) is 18.0 Å². The lowest BCUT2D eigenvalue weighted by molar-refractivity contribution is -0.123. The molecule has 0 aliphatic carbocycles. The molecule has 1 fully saturated rings. The van der Waals surface area contributed by atoms with E-state index in [1.54, 1.807) is 6.07 Å². The van der Waals surface area contributed by atoms with E-state index in [4.69, 9.17) is 5.41 Å². The van der Waals surface area contributed by atoms with Gasteiger partial charge in [0.05, 0.1) is 35.5 Å². The number of anilines is 1. The number of hydrogen-bond acceptors (Lipinski definition) is 8. The molecule has 1 aliphatic rings. The maximum absolute atomic E-state index is 12.4.